The van der Waals surface area contributed by atoms with E-state index in [4.69, 9.17) is 5.73 Å². The molecule has 0 saturated heterocycles. The molecule has 4 N–H and O–H groups in total. The maximum absolute atomic E-state index is 11.7. The van der Waals surface area contributed by atoms with E-state index in [0.29, 0.717) is 6.54 Å². The molecular weight excluding hydrogens is 270 g/mol. The van der Waals surface area contributed by atoms with Gasteiger partial charge in [-0.3, -0.25) is 5.32 Å². The van der Waals surface area contributed by atoms with Gasteiger partial charge in [-0.25, -0.2) is 4.79 Å². The molecule has 0 aliphatic heterocycles. The topological polar surface area (TPSA) is 67.2 Å². The number of thiophene rings is 1. The van der Waals surface area contributed by atoms with Crippen molar-refractivity contribution in [2.45, 2.75) is 26.4 Å². The Hall–Kier alpha value is -1.85. The highest BCUT2D eigenvalue weighted by Gasteiger charge is 2.04. The molecule has 1 aromatic heterocycles. The van der Waals surface area contributed by atoms with Crippen molar-refractivity contribution in [3.63, 3.8) is 0 Å². The molecule has 1 aromatic carbocycles. The van der Waals surface area contributed by atoms with Gasteiger partial charge in [0.05, 0.1) is 5.00 Å². The highest BCUT2D eigenvalue weighted by molar-refractivity contribution is 7.16. The number of carbonyl (C=O) groups is 1. The SMILES string of the molecule is Cc1ccc(NC(=O)NCc2ccc([C@@H](C)N)cc2)s1. The number of aryl methyl sites for hydroxylation is 1. The van der Waals surface area contributed by atoms with Gasteiger partial charge in [-0.05, 0) is 37.1 Å². The van der Waals surface area contributed by atoms with E-state index in [2.05, 4.69) is 10.6 Å². The lowest BCUT2D eigenvalue weighted by Crippen LogP contribution is -2.27. The van der Waals surface area contributed by atoms with Crippen molar-refractivity contribution < 1.29 is 4.79 Å². The van der Waals surface area contributed by atoms with Crippen molar-refractivity contribution in [2.24, 2.45) is 5.73 Å². The Labute approximate surface area is 123 Å². The Morgan fingerprint density at radius 1 is 1.25 bits per heavy atom. The zero-order chi connectivity index (χ0) is 14.5. The van der Waals surface area contributed by atoms with E-state index in [-0.39, 0.29) is 12.1 Å². The van der Waals surface area contributed by atoms with Crippen LogP contribution in [0.3, 0.4) is 0 Å². The first kappa shape index (κ1) is 14.6. The van der Waals surface area contributed by atoms with Gasteiger partial charge in [0.2, 0.25) is 0 Å². The summed E-state index contributed by atoms with van der Waals surface area (Å²) in [7, 11) is 0. The van der Waals surface area contributed by atoms with Gasteiger partial charge in [0, 0.05) is 17.5 Å². The molecule has 5 heteroatoms. The Morgan fingerprint density at radius 2 is 1.95 bits per heavy atom. The number of hydrogen-bond donors (Lipinski definition) is 3. The minimum absolute atomic E-state index is 0.0300. The molecule has 1 atom stereocenters. The van der Waals surface area contributed by atoms with Crippen molar-refractivity contribution in [2.75, 3.05) is 5.32 Å². The molecule has 0 fully saturated rings. The summed E-state index contributed by atoms with van der Waals surface area (Å²) in [5, 5.41) is 6.50. The second-order valence-corrected chi connectivity index (χ2v) is 6.04. The van der Waals surface area contributed by atoms with Crippen molar-refractivity contribution in [3.8, 4) is 0 Å². The van der Waals surface area contributed by atoms with E-state index in [1.165, 1.54) is 4.88 Å². The summed E-state index contributed by atoms with van der Waals surface area (Å²) in [4.78, 5) is 12.9. The number of hydrogen-bond acceptors (Lipinski definition) is 3. The minimum atomic E-state index is -0.192. The lowest BCUT2D eigenvalue weighted by molar-refractivity contribution is 0.252. The number of amides is 2. The van der Waals surface area contributed by atoms with Gasteiger partial charge in [-0.2, -0.15) is 0 Å². The molecule has 0 bridgehead atoms. The zero-order valence-electron chi connectivity index (χ0n) is 11.6. The second-order valence-electron chi connectivity index (χ2n) is 4.75. The number of anilines is 1. The number of benzene rings is 1. The third kappa shape index (κ3) is 4.08. The van der Waals surface area contributed by atoms with E-state index in [0.717, 1.165) is 16.1 Å². The fourth-order valence-corrected chi connectivity index (χ4v) is 2.54. The van der Waals surface area contributed by atoms with Crippen LogP contribution in [0.4, 0.5) is 9.80 Å². The summed E-state index contributed by atoms with van der Waals surface area (Å²) in [5.41, 5.74) is 7.93. The molecule has 2 aromatic rings. The smallest absolute Gasteiger partial charge is 0.320 e. The van der Waals surface area contributed by atoms with Gasteiger partial charge >= 0.3 is 6.03 Å². The quantitative estimate of drug-likeness (QED) is 0.807. The average Bonchev–Trinajstić information content (AvgIpc) is 2.82. The predicted molar refractivity (Wildman–Crippen MR) is 84.0 cm³/mol. The fourth-order valence-electron chi connectivity index (χ4n) is 1.78. The normalized spacial score (nSPS) is 11.9. The molecule has 1 heterocycles. The predicted octanol–water partition coefficient (Wildman–Crippen LogP) is 3.40. The first-order valence-corrected chi connectivity index (χ1v) is 7.32. The monoisotopic (exact) mass is 289 g/mol. The summed E-state index contributed by atoms with van der Waals surface area (Å²) in [6.45, 7) is 4.45. The van der Waals surface area contributed by atoms with Crippen molar-refractivity contribution in [3.05, 3.63) is 52.4 Å². The Kier molecular flexibility index (Phi) is 4.76. The largest absolute Gasteiger partial charge is 0.334 e. The molecule has 0 radical (unpaired) electrons. The lowest BCUT2D eigenvalue weighted by Gasteiger charge is -2.08. The Bertz CT molecular complexity index is 575. The van der Waals surface area contributed by atoms with Crippen LogP contribution in [0.15, 0.2) is 36.4 Å². The van der Waals surface area contributed by atoms with Gasteiger partial charge in [0.25, 0.3) is 0 Å². The third-order valence-corrected chi connectivity index (χ3v) is 3.85. The van der Waals surface area contributed by atoms with Crippen LogP contribution in [0, 0.1) is 6.92 Å². The summed E-state index contributed by atoms with van der Waals surface area (Å²) < 4.78 is 0. The molecule has 4 nitrogen and oxygen atoms in total. The highest BCUT2D eigenvalue weighted by Crippen LogP contribution is 2.20. The van der Waals surface area contributed by atoms with Crippen LogP contribution in [0.2, 0.25) is 0 Å². The average molecular weight is 289 g/mol. The molecule has 0 spiro atoms. The molecule has 2 rings (SSSR count). The van der Waals surface area contributed by atoms with Crippen molar-refractivity contribution in [1.29, 1.82) is 0 Å². The number of rotatable bonds is 4. The summed E-state index contributed by atoms with van der Waals surface area (Å²) in [6.07, 6.45) is 0. The number of nitrogens with two attached hydrogens (primary N) is 1. The van der Waals surface area contributed by atoms with Gasteiger partial charge in [-0.15, -0.1) is 11.3 Å². The van der Waals surface area contributed by atoms with E-state index in [1.807, 2.05) is 50.2 Å². The summed E-state index contributed by atoms with van der Waals surface area (Å²) in [6, 6.07) is 11.7. The van der Waals surface area contributed by atoms with Crippen LogP contribution in [-0.4, -0.2) is 6.03 Å². The van der Waals surface area contributed by atoms with E-state index < -0.39 is 0 Å². The van der Waals surface area contributed by atoms with E-state index in [1.54, 1.807) is 11.3 Å². The van der Waals surface area contributed by atoms with Crippen LogP contribution in [0.5, 0.6) is 0 Å². The summed E-state index contributed by atoms with van der Waals surface area (Å²) >= 11 is 1.56. The fraction of sp³-hybridized carbons (Fsp3) is 0.267. The molecular formula is C15H19N3OS. The highest BCUT2D eigenvalue weighted by atomic mass is 32.1. The standard InChI is InChI=1S/C15H19N3OS/c1-10-3-8-14(20-10)18-15(19)17-9-12-4-6-13(7-5-12)11(2)16/h3-8,11H,9,16H2,1-2H3,(H2,17,18,19)/t11-/m1/s1. The van der Waals surface area contributed by atoms with Crippen LogP contribution >= 0.6 is 11.3 Å². The minimum Gasteiger partial charge on any atom is -0.334 e. The maximum Gasteiger partial charge on any atom is 0.320 e. The molecule has 0 aliphatic rings. The van der Waals surface area contributed by atoms with Crippen LogP contribution in [0.25, 0.3) is 0 Å². The number of urea groups is 1. The first-order chi connectivity index (χ1) is 9.54. The Morgan fingerprint density at radius 3 is 2.50 bits per heavy atom. The molecule has 20 heavy (non-hydrogen) atoms. The molecule has 2 amide bonds. The Balaban J connectivity index is 1.83. The second kappa shape index (κ2) is 6.54. The van der Waals surface area contributed by atoms with Gasteiger partial charge in [-0.1, -0.05) is 24.3 Å². The number of carbonyl (C=O) groups excluding carboxylic acids is 1. The van der Waals surface area contributed by atoms with Crippen LogP contribution in [-0.2, 0) is 6.54 Å². The molecule has 0 unspecified atom stereocenters. The van der Waals surface area contributed by atoms with Crippen molar-refractivity contribution in [1.82, 2.24) is 5.32 Å². The van der Waals surface area contributed by atoms with Gasteiger partial charge < -0.3 is 11.1 Å². The van der Waals surface area contributed by atoms with Crippen LogP contribution in [0.1, 0.15) is 29.0 Å². The maximum atomic E-state index is 11.7. The van der Waals surface area contributed by atoms with E-state index in [9.17, 15) is 4.79 Å². The van der Waals surface area contributed by atoms with Crippen LogP contribution < -0.4 is 16.4 Å². The van der Waals surface area contributed by atoms with E-state index >= 15 is 0 Å². The zero-order valence-corrected chi connectivity index (χ0v) is 12.5. The number of nitrogens with one attached hydrogen (secondary N) is 2. The molecule has 106 valence electrons. The molecule has 0 aliphatic carbocycles. The van der Waals surface area contributed by atoms with Gasteiger partial charge in [0.15, 0.2) is 0 Å². The van der Waals surface area contributed by atoms with Gasteiger partial charge in [0.1, 0.15) is 0 Å². The lowest BCUT2D eigenvalue weighted by atomic mass is 10.1. The first-order valence-electron chi connectivity index (χ1n) is 6.50. The summed E-state index contributed by atoms with van der Waals surface area (Å²) in [5.74, 6) is 0. The van der Waals surface area contributed by atoms with Crippen molar-refractivity contribution >= 4 is 22.4 Å². The third-order valence-electron chi connectivity index (χ3n) is 2.94. The molecule has 0 saturated carbocycles.